The molecule has 15 heavy (non-hydrogen) atoms. The highest BCUT2D eigenvalue weighted by Gasteiger charge is 2.01. The van der Waals surface area contributed by atoms with E-state index in [-0.39, 0.29) is 0 Å². The number of benzene rings is 1. The Labute approximate surface area is 88.2 Å². The monoisotopic (exact) mass is 210 g/mol. The molecule has 5 heteroatoms. The molecule has 0 aliphatic heterocycles. The van der Waals surface area contributed by atoms with E-state index in [9.17, 15) is 4.79 Å². The third kappa shape index (κ3) is 3.76. The summed E-state index contributed by atoms with van der Waals surface area (Å²) < 4.78 is 10.5. The molecule has 0 unspecified atom stereocenters. The molecule has 0 aliphatic rings. The number of primary amides is 1. The van der Waals surface area contributed by atoms with Crippen molar-refractivity contribution in [3.63, 3.8) is 0 Å². The van der Waals surface area contributed by atoms with Gasteiger partial charge in [-0.05, 0) is 12.1 Å². The Morgan fingerprint density at radius 3 is 2.67 bits per heavy atom. The van der Waals surface area contributed by atoms with E-state index in [0.29, 0.717) is 24.7 Å². The highest BCUT2D eigenvalue weighted by atomic mass is 16.5. The Bertz CT molecular complexity index is 328. The number of nitrogens with one attached hydrogen (secondary N) is 1. The molecule has 0 saturated carbocycles. The van der Waals surface area contributed by atoms with Gasteiger partial charge in [0.15, 0.2) is 11.5 Å². The lowest BCUT2D eigenvalue weighted by molar-refractivity contribution is 0.243. The van der Waals surface area contributed by atoms with Crippen LogP contribution in [0.1, 0.15) is 0 Å². The highest BCUT2D eigenvalue weighted by Crippen LogP contribution is 2.25. The third-order valence-corrected chi connectivity index (χ3v) is 1.73. The van der Waals surface area contributed by atoms with Crippen LogP contribution >= 0.6 is 0 Å². The third-order valence-electron chi connectivity index (χ3n) is 1.73. The van der Waals surface area contributed by atoms with E-state index in [0.717, 1.165) is 0 Å². The van der Waals surface area contributed by atoms with Crippen molar-refractivity contribution in [2.75, 3.05) is 20.3 Å². The maximum atomic E-state index is 10.4. The quantitative estimate of drug-likeness (QED) is 0.704. The van der Waals surface area contributed by atoms with E-state index in [4.69, 9.17) is 15.2 Å². The van der Waals surface area contributed by atoms with Gasteiger partial charge in [-0.25, -0.2) is 4.79 Å². The number of amides is 2. The van der Waals surface area contributed by atoms with Gasteiger partial charge >= 0.3 is 6.03 Å². The van der Waals surface area contributed by atoms with Gasteiger partial charge in [-0.15, -0.1) is 0 Å². The number of methoxy groups -OCH3 is 1. The SMILES string of the molecule is COc1ccccc1OCCNC(N)=O. The molecule has 2 amide bonds. The van der Waals surface area contributed by atoms with Gasteiger partial charge in [-0.1, -0.05) is 12.1 Å². The zero-order valence-corrected chi connectivity index (χ0v) is 8.53. The van der Waals surface area contributed by atoms with Crippen molar-refractivity contribution in [1.29, 1.82) is 0 Å². The Morgan fingerprint density at radius 2 is 2.07 bits per heavy atom. The highest BCUT2D eigenvalue weighted by molar-refractivity contribution is 5.71. The average Bonchev–Trinajstić information content (AvgIpc) is 2.24. The van der Waals surface area contributed by atoms with Crippen LogP contribution < -0.4 is 20.5 Å². The number of para-hydroxylation sites is 2. The predicted molar refractivity (Wildman–Crippen MR) is 56.1 cm³/mol. The van der Waals surface area contributed by atoms with Crippen LogP contribution in [0.4, 0.5) is 4.79 Å². The number of hydrogen-bond donors (Lipinski definition) is 2. The van der Waals surface area contributed by atoms with Gasteiger partial charge in [-0.2, -0.15) is 0 Å². The van der Waals surface area contributed by atoms with Crippen molar-refractivity contribution in [3.05, 3.63) is 24.3 Å². The van der Waals surface area contributed by atoms with Gasteiger partial charge in [0.1, 0.15) is 6.61 Å². The van der Waals surface area contributed by atoms with Crippen LogP contribution in [0, 0.1) is 0 Å². The lowest BCUT2D eigenvalue weighted by Gasteiger charge is -2.09. The van der Waals surface area contributed by atoms with Crippen LogP contribution in [0.15, 0.2) is 24.3 Å². The lowest BCUT2D eigenvalue weighted by Crippen LogP contribution is -2.32. The van der Waals surface area contributed by atoms with Gasteiger partial charge in [0, 0.05) is 0 Å². The Balaban J connectivity index is 2.39. The lowest BCUT2D eigenvalue weighted by atomic mass is 10.3. The summed E-state index contributed by atoms with van der Waals surface area (Å²) in [5.74, 6) is 1.31. The molecule has 82 valence electrons. The topological polar surface area (TPSA) is 73.6 Å². The zero-order valence-electron chi connectivity index (χ0n) is 8.53. The summed E-state index contributed by atoms with van der Waals surface area (Å²) in [4.78, 5) is 10.4. The number of urea groups is 1. The Kier molecular flexibility index (Phi) is 4.28. The standard InChI is InChI=1S/C10H14N2O3/c1-14-8-4-2-3-5-9(8)15-7-6-12-10(11)13/h2-5H,6-7H2,1H3,(H3,11,12,13). The number of rotatable bonds is 5. The van der Waals surface area contributed by atoms with Crippen molar-refractivity contribution in [2.45, 2.75) is 0 Å². The minimum Gasteiger partial charge on any atom is -0.493 e. The number of nitrogens with two attached hydrogens (primary N) is 1. The van der Waals surface area contributed by atoms with Gasteiger partial charge < -0.3 is 20.5 Å². The van der Waals surface area contributed by atoms with Crippen LogP contribution in [0.5, 0.6) is 11.5 Å². The van der Waals surface area contributed by atoms with Crippen LogP contribution in [0.25, 0.3) is 0 Å². The van der Waals surface area contributed by atoms with Crippen molar-refractivity contribution < 1.29 is 14.3 Å². The molecular weight excluding hydrogens is 196 g/mol. The van der Waals surface area contributed by atoms with Crippen LogP contribution in [0.2, 0.25) is 0 Å². The summed E-state index contributed by atoms with van der Waals surface area (Å²) in [6.07, 6.45) is 0. The summed E-state index contributed by atoms with van der Waals surface area (Å²) in [5, 5.41) is 2.43. The molecular formula is C10H14N2O3. The first kappa shape index (κ1) is 11.2. The number of ether oxygens (including phenoxy) is 2. The molecule has 0 radical (unpaired) electrons. The van der Waals surface area contributed by atoms with Crippen LogP contribution in [-0.4, -0.2) is 26.3 Å². The summed E-state index contributed by atoms with van der Waals surface area (Å²) in [6.45, 7) is 0.719. The fourth-order valence-corrected chi connectivity index (χ4v) is 1.07. The molecule has 1 aromatic rings. The second-order valence-electron chi connectivity index (χ2n) is 2.79. The van der Waals surface area contributed by atoms with E-state index < -0.39 is 6.03 Å². The molecule has 1 aromatic carbocycles. The molecule has 0 saturated heterocycles. The van der Waals surface area contributed by atoms with E-state index in [2.05, 4.69) is 5.32 Å². The average molecular weight is 210 g/mol. The normalized spacial score (nSPS) is 9.40. The first-order chi connectivity index (χ1) is 7.24. The summed E-state index contributed by atoms with van der Waals surface area (Å²) in [6, 6.07) is 6.74. The smallest absolute Gasteiger partial charge is 0.312 e. The first-order valence-corrected chi connectivity index (χ1v) is 4.53. The minimum atomic E-state index is -0.557. The van der Waals surface area contributed by atoms with Crippen LogP contribution in [-0.2, 0) is 0 Å². The van der Waals surface area contributed by atoms with E-state index in [1.807, 2.05) is 12.1 Å². The zero-order chi connectivity index (χ0) is 11.1. The van der Waals surface area contributed by atoms with E-state index in [1.165, 1.54) is 0 Å². The van der Waals surface area contributed by atoms with Crippen molar-refractivity contribution in [3.8, 4) is 11.5 Å². The Hall–Kier alpha value is -1.91. The van der Waals surface area contributed by atoms with E-state index >= 15 is 0 Å². The molecule has 0 aromatic heterocycles. The van der Waals surface area contributed by atoms with Gasteiger partial charge in [0.2, 0.25) is 0 Å². The van der Waals surface area contributed by atoms with Crippen molar-refractivity contribution >= 4 is 6.03 Å². The van der Waals surface area contributed by atoms with E-state index in [1.54, 1.807) is 19.2 Å². The maximum Gasteiger partial charge on any atom is 0.312 e. The fraction of sp³-hybridized carbons (Fsp3) is 0.300. The summed E-state index contributed by atoms with van der Waals surface area (Å²) in [7, 11) is 1.57. The molecule has 3 N–H and O–H groups in total. The predicted octanol–water partition coefficient (Wildman–Crippen LogP) is 0.742. The molecule has 0 atom stereocenters. The van der Waals surface area contributed by atoms with Gasteiger partial charge in [0.25, 0.3) is 0 Å². The molecule has 5 nitrogen and oxygen atoms in total. The largest absolute Gasteiger partial charge is 0.493 e. The maximum absolute atomic E-state index is 10.4. The van der Waals surface area contributed by atoms with Gasteiger partial charge in [0.05, 0.1) is 13.7 Å². The summed E-state index contributed by atoms with van der Waals surface area (Å²) >= 11 is 0. The minimum absolute atomic E-state index is 0.351. The van der Waals surface area contributed by atoms with Crippen molar-refractivity contribution in [1.82, 2.24) is 5.32 Å². The molecule has 0 fully saturated rings. The first-order valence-electron chi connectivity index (χ1n) is 4.53. The number of hydrogen-bond acceptors (Lipinski definition) is 3. The summed E-state index contributed by atoms with van der Waals surface area (Å²) in [5.41, 5.74) is 4.90. The number of carbonyl (C=O) groups excluding carboxylic acids is 1. The van der Waals surface area contributed by atoms with Crippen LogP contribution in [0.3, 0.4) is 0 Å². The molecule has 0 aliphatic carbocycles. The molecule has 0 spiro atoms. The fourth-order valence-electron chi connectivity index (χ4n) is 1.07. The van der Waals surface area contributed by atoms with Gasteiger partial charge in [-0.3, -0.25) is 0 Å². The van der Waals surface area contributed by atoms with Crippen molar-refractivity contribution in [2.24, 2.45) is 5.73 Å². The number of carbonyl (C=O) groups is 1. The molecule has 0 heterocycles. The molecule has 1 rings (SSSR count). The second kappa shape index (κ2) is 5.74. The Morgan fingerprint density at radius 1 is 1.40 bits per heavy atom. The molecule has 0 bridgehead atoms. The second-order valence-corrected chi connectivity index (χ2v) is 2.79.